The van der Waals surface area contributed by atoms with Crippen LogP contribution >= 0.6 is 0 Å². The van der Waals surface area contributed by atoms with Gasteiger partial charge < -0.3 is 15.5 Å². The Morgan fingerprint density at radius 2 is 1.57 bits per heavy atom. The number of halogens is 1. The van der Waals surface area contributed by atoms with Crippen LogP contribution in [0.25, 0.3) is 0 Å². The van der Waals surface area contributed by atoms with Crippen molar-refractivity contribution >= 4 is 22.0 Å². The quantitative estimate of drug-likeness (QED) is 0.669. The lowest BCUT2D eigenvalue weighted by Gasteiger charge is -2.34. The van der Waals surface area contributed by atoms with Gasteiger partial charge in [-0.05, 0) is 30.3 Å². The van der Waals surface area contributed by atoms with Crippen molar-refractivity contribution < 1.29 is 22.4 Å². The minimum absolute atomic E-state index is 0.102. The molecule has 1 aliphatic rings. The SMILES string of the molecule is O=C(NCCNC(=O)N1CCN(S(=O)(=O)c2cccc(F)c2)CC1)c1ccccc1. The van der Waals surface area contributed by atoms with Crippen LogP contribution in [0.3, 0.4) is 0 Å². The van der Waals surface area contributed by atoms with Crippen LogP contribution < -0.4 is 10.6 Å². The molecule has 0 atom stereocenters. The number of nitrogens with one attached hydrogen (secondary N) is 2. The predicted molar refractivity (Wildman–Crippen MR) is 109 cm³/mol. The molecule has 0 unspecified atom stereocenters. The molecule has 0 saturated carbocycles. The molecule has 2 aromatic rings. The molecule has 8 nitrogen and oxygen atoms in total. The molecule has 160 valence electrons. The van der Waals surface area contributed by atoms with E-state index in [9.17, 15) is 22.4 Å². The fraction of sp³-hybridized carbons (Fsp3) is 0.300. The van der Waals surface area contributed by atoms with Crippen molar-refractivity contribution in [3.8, 4) is 0 Å². The molecule has 2 aromatic carbocycles. The van der Waals surface area contributed by atoms with Gasteiger partial charge in [-0.3, -0.25) is 4.79 Å². The molecule has 1 fully saturated rings. The van der Waals surface area contributed by atoms with Crippen LogP contribution in [0.2, 0.25) is 0 Å². The van der Waals surface area contributed by atoms with Gasteiger partial charge in [-0.15, -0.1) is 0 Å². The van der Waals surface area contributed by atoms with Crippen LogP contribution in [0.4, 0.5) is 9.18 Å². The molecule has 0 radical (unpaired) electrons. The second kappa shape index (κ2) is 9.68. The number of urea groups is 1. The number of hydrogen-bond donors (Lipinski definition) is 2. The summed E-state index contributed by atoms with van der Waals surface area (Å²) in [4.78, 5) is 25.6. The molecule has 1 aliphatic heterocycles. The fourth-order valence-electron chi connectivity index (χ4n) is 3.06. The van der Waals surface area contributed by atoms with E-state index in [1.807, 2.05) is 6.07 Å². The lowest BCUT2D eigenvalue weighted by molar-refractivity contribution is 0.0953. The molecule has 2 N–H and O–H groups in total. The second-order valence-corrected chi connectivity index (χ2v) is 8.64. The van der Waals surface area contributed by atoms with Gasteiger partial charge in [0.1, 0.15) is 5.82 Å². The summed E-state index contributed by atoms with van der Waals surface area (Å²) in [6.07, 6.45) is 0. The smallest absolute Gasteiger partial charge is 0.317 e. The molecule has 0 bridgehead atoms. The maximum atomic E-state index is 13.4. The lowest BCUT2D eigenvalue weighted by atomic mass is 10.2. The van der Waals surface area contributed by atoms with Crippen molar-refractivity contribution in [3.05, 3.63) is 66.0 Å². The highest BCUT2D eigenvalue weighted by molar-refractivity contribution is 7.89. The zero-order valence-corrected chi connectivity index (χ0v) is 17.1. The molecule has 0 aliphatic carbocycles. The van der Waals surface area contributed by atoms with E-state index in [1.165, 1.54) is 27.4 Å². The van der Waals surface area contributed by atoms with Gasteiger partial charge in [-0.1, -0.05) is 24.3 Å². The van der Waals surface area contributed by atoms with Crippen molar-refractivity contribution in [2.75, 3.05) is 39.3 Å². The standard InChI is InChI=1S/C20H23FN4O4S/c21-17-7-4-8-18(15-17)30(28,29)25-13-11-24(12-14-25)20(27)23-10-9-22-19(26)16-5-2-1-3-6-16/h1-8,15H,9-14H2,(H,22,26)(H,23,27). The van der Waals surface area contributed by atoms with Crippen molar-refractivity contribution in [1.29, 1.82) is 0 Å². The van der Waals surface area contributed by atoms with Crippen LogP contribution in [0.1, 0.15) is 10.4 Å². The number of hydrogen-bond acceptors (Lipinski definition) is 4. The van der Waals surface area contributed by atoms with E-state index in [4.69, 9.17) is 0 Å². The molecule has 3 amide bonds. The summed E-state index contributed by atoms with van der Waals surface area (Å²) >= 11 is 0. The molecule has 10 heteroatoms. The van der Waals surface area contributed by atoms with Crippen molar-refractivity contribution in [3.63, 3.8) is 0 Å². The summed E-state index contributed by atoms with van der Waals surface area (Å²) in [5.41, 5.74) is 0.541. The van der Waals surface area contributed by atoms with Crippen LogP contribution in [0.15, 0.2) is 59.5 Å². The van der Waals surface area contributed by atoms with Gasteiger partial charge in [-0.2, -0.15) is 4.31 Å². The third-order valence-electron chi connectivity index (χ3n) is 4.68. The van der Waals surface area contributed by atoms with Gasteiger partial charge in [0.15, 0.2) is 0 Å². The first-order valence-corrected chi connectivity index (χ1v) is 10.9. The van der Waals surface area contributed by atoms with Crippen molar-refractivity contribution in [2.45, 2.75) is 4.90 Å². The number of rotatable bonds is 6. The van der Waals surface area contributed by atoms with E-state index in [2.05, 4.69) is 10.6 Å². The van der Waals surface area contributed by atoms with Crippen LogP contribution in [-0.4, -0.2) is 68.8 Å². The van der Waals surface area contributed by atoms with Gasteiger partial charge in [0.2, 0.25) is 10.0 Å². The van der Waals surface area contributed by atoms with Crippen LogP contribution in [0, 0.1) is 5.82 Å². The van der Waals surface area contributed by atoms with E-state index < -0.39 is 15.8 Å². The Kier molecular flexibility index (Phi) is 7.01. The molecule has 3 rings (SSSR count). The average molecular weight is 434 g/mol. The number of sulfonamides is 1. The summed E-state index contributed by atoms with van der Waals surface area (Å²) < 4.78 is 39.8. The average Bonchev–Trinajstić information content (AvgIpc) is 2.77. The number of piperazine rings is 1. The Morgan fingerprint density at radius 3 is 2.23 bits per heavy atom. The predicted octanol–water partition coefficient (Wildman–Crippen LogP) is 1.27. The Morgan fingerprint density at radius 1 is 0.900 bits per heavy atom. The number of carbonyl (C=O) groups is 2. The highest BCUT2D eigenvalue weighted by Gasteiger charge is 2.30. The summed E-state index contributed by atoms with van der Waals surface area (Å²) in [5, 5.41) is 5.42. The molecular formula is C20H23FN4O4S. The minimum atomic E-state index is -3.80. The fourth-order valence-corrected chi connectivity index (χ4v) is 4.51. The summed E-state index contributed by atoms with van der Waals surface area (Å²) in [6.45, 7) is 1.20. The van der Waals surface area contributed by atoms with Gasteiger partial charge in [0.25, 0.3) is 5.91 Å². The lowest BCUT2D eigenvalue weighted by Crippen LogP contribution is -2.53. The third kappa shape index (κ3) is 5.33. The Labute approximate surface area is 174 Å². The molecule has 0 spiro atoms. The number of amides is 3. The van der Waals surface area contributed by atoms with Gasteiger partial charge in [-0.25, -0.2) is 17.6 Å². The highest BCUT2D eigenvalue weighted by Crippen LogP contribution is 2.18. The Hall–Kier alpha value is -2.98. The molecule has 1 heterocycles. The first-order chi connectivity index (χ1) is 14.4. The first kappa shape index (κ1) is 21.7. The van der Waals surface area contributed by atoms with Crippen LogP contribution in [-0.2, 0) is 10.0 Å². The normalized spacial score (nSPS) is 14.9. The monoisotopic (exact) mass is 434 g/mol. The topological polar surface area (TPSA) is 98.8 Å². The van der Waals surface area contributed by atoms with E-state index in [1.54, 1.807) is 24.3 Å². The maximum absolute atomic E-state index is 13.4. The molecule has 0 aromatic heterocycles. The Bertz CT molecular complexity index is 993. The largest absolute Gasteiger partial charge is 0.350 e. The second-order valence-electron chi connectivity index (χ2n) is 6.70. The van der Waals surface area contributed by atoms with Gasteiger partial charge in [0.05, 0.1) is 4.90 Å². The maximum Gasteiger partial charge on any atom is 0.317 e. The van der Waals surface area contributed by atoms with E-state index in [0.29, 0.717) is 5.56 Å². The van der Waals surface area contributed by atoms with Crippen LogP contribution in [0.5, 0.6) is 0 Å². The molecule has 30 heavy (non-hydrogen) atoms. The van der Waals surface area contributed by atoms with E-state index in [-0.39, 0.29) is 56.1 Å². The van der Waals surface area contributed by atoms with Crippen molar-refractivity contribution in [2.24, 2.45) is 0 Å². The third-order valence-corrected chi connectivity index (χ3v) is 6.58. The highest BCUT2D eigenvalue weighted by atomic mass is 32.2. The van der Waals surface area contributed by atoms with Gasteiger partial charge in [0, 0.05) is 44.8 Å². The Balaban J connectivity index is 1.42. The molecule has 1 saturated heterocycles. The summed E-state index contributed by atoms with van der Waals surface area (Å²) in [6, 6.07) is 13.3. The zero-order valence-electron chi connectivity index (χ0n) is 16.3. The van der Waals surface area contributed by atoms with E-state index in [0.717, 1.165) is 6.07 Å². The number of benzene rings is 2. The molecular weight excluding hydrogens is 411 g/mol. The first-order valence-electron chi connectivity index (χ1n) is 9.49. The summed E-state index contributed by atoms with van der Waals surface area (Å²) in [7, 11) is -3.80. The minimum Gasteiger partial charge on any atom is -0.350 e. The number of nitrogens with zero attached hydrogens (tertiary/aromatic N) is 2. The number of carbonyl (C=O) groups excluding carboxylic acids is 2. The van der Waals surface area contributed by atoms with E-state index >= 15 is 0 Å². The summed E-state index contributed by atoms with van der Waals surface area (Å²) in [5.74, 6) is -0.838. The van der Waals surface area contributed by atoms with Gasteiger partial charge >= 0.3 is 6.03 Å². The van der Waals surface area contributed by atoms with Crippen molar-refractivity contribution in [1.82, 2.24) is 19.8 Å². The zero-order chi connectivity index (χ0) is 21.6.